The number of halogens is 2. The van der Waals surface area contributed by atoms with Gasteiger partial charge in [-0.2, -0.15) is 0 Å². The standard InChI is InChI=1S/C15H18Cl2N2O2/c16-6-5-14(20)18-7-9-19(10-8-18)15(21)11-12-1-3-13(17)4-2-12/h1-4H,5-11H2. The van der Waals surface area contributed by atoms with Crippen molar-refractivity contribution in [3.05, 3.63) is 34.9 Å². The Morgan fingerprint density at radius 1 is 0.952 bits per heavy atom. The highest BCUT2D eigenvalue weighted by atomic mass is 35.5. The fourth-order valence-electron chi connectivity index (χ4n) is 2.33. The van der Waals surface area contributed by atoms with Crippen LogP contribution in [0.2, 0.25) is 5.02 Å². The Morgan fingerprint density at radius 3 is 2.00 bits per heavy atom. The van der Waals surface area contributed by atoms with Crippen LogP contribution in [0.25, 0.3) is 0 Å². The van der Waals surface area contributed by atoms with Gasteiger partial charge in [-0.1, -0.05) is 23.7 Å². The number of carbonyl (C=O) groups is 2. The molecule has 1 heterocycles. The predicted octanol–water partition coefficient (Wildman–Crippen LogP) is 2.18. The summed E-state index contributed by atoms with van der Waals surface area (Å²) in [6, 6.07) is 7.29. The minimum atomic E-state index is 0.0646. The molecule has 0 aromatic heterocycles. The summed E-state index contributed by atoms with van der Waals surface area (Å²) < 4.78 is 0. The number of piperazine rings is 1. The topological polar surface area (TPSA) is 40.6 Å². The van der Waals surface area contributed by atoms with Gasteiger partial charge in [-0.3, -0.25) is 9.59 Å². The minimum absolute atomic E-state index is 0.0646. The molecule has 2 rings (SSSR count). The number of amides is 2. The van der Waals surface area contributed by atoms with Crippen LogP contribution in [0.5, 0.6) is 0 Å². The zero-order valence-corrected chi connectivity index (χ0v) is 13.2. The van der Waals surface area contributed by atoms with E-state index >= 15 is 0 Å². The smallest absolute Gasteiger partial charge is 0.227 e. The average molecular weight is 329 g/mol. The Morgan fingerprint density at radius 2 is 1.48 bits per heavy atom. The summed E-state index contributed by atoms with van der Waals surface area (Å²) in [6.45, 7) is 2.34. The fraction of sp³-hybridized carbons (Fsp3) is 0.467. The molecule has 1 aromatic carbocycles. The molecule has 0 radical (unpaired) electrons. The molecule has 0 saturated carbocycles. The van der Waals surface area contributed by atoms with Gasteiger partial charge in [0.15, 0.2) is 0 Å². The lowest BCUT2D eigenvalue weighted by atomic mass is 10.1. The molecule has 114 valence electrons. The number of carbonyl (C=O) groups excluding carboxylic acids is 2. The van der Waals surface area contributed by atoms with Gasteiger partial charge >= 0.3 is 0 Å². The SMILES string of the molecule is O=C(CCCl)N1CCN(C(=O)Cc2ccc(Cl)cc2)CC1. The third-order valence-electron chi connectivity index (χ3n) is 3.56. The highest BCUT2D eigenvalue weighted by molar-refractivity contribution is 6.30. The third-order valence-corrected chi connectivity index (χ3v) is 4.00. The van der Waals surface area contributed by atoms with E-state index in [0.29, 0.717) is 49.9 Å². The Hall–Kier alpha value is -1.26. The first-order valence-corrected chi connectivity index (χ1v) is 7.87. The second-order valence-electron chi connectivity index (χ2n) is 5.00. The van der Waals surface area contributed by atoms with Crippen LogP contribution in [-0.4, -0.2) is 53.7 Å². The van der Waals surface area contributed by atoms with E-state index in [1.165, 1.54) is 0 Å². The van der Waals surface area contributed by atoms with Crippen molar-refractivity contribution in [3.63, 3.8) is 0 Å². The van der Waals surface area contributed by atoms with Gasteiger partial charge in [0.05, 0.1) is 6.42 Å². The van der Waals surface area contributed by atoms with Gasteiger partial charge in [-0.05, 0) is 17.7 Å². The molecule has 0 unspecified atom stereocenters. The molecule has 1 aliphatic heterocycles. The Kier molecular flexibility index (Phi) is 5.88. The maximum Gasteiger partial charge on any atom is 0.227 e. The zero-order valence-electron chi connectivity index (χ0n) is 11.7. The van der Waals surface area contributed by atoms with Crippen LogP contribution in [-0.2, 0) is 16.0 Å². The molecule has 1 aromatic rings. The first-order chi connectivity index (χ1) is 10.1. The van der Waals surface area contributed by atoms with Gasteiger partial charge in [0.25, 0.3) is 0 Å². The molecule has 4 nitrogen and oxygen atoms in total. The molecule has 0 bridgehead atoms. The lowest BCUT2D eigenvalue weighted by Gasteiger charge is -2.34. The lowest BCUT2D eigenvalue weighted by molar-refractivity contribution is -0.138. The first kappa shape index (κ1) is 16.1. The summed E-state index contributed by atoms with van der Waals surface area (Å²) in [6.07, 6.45) is 0.729. The Labute approximate surface area is 134 Å². The van der Waals surface area contributed by atoms with Crippen molar-refractivity contribution < 1.29 is 9.59 Å². The zero-order chi connectivity index (χ0) is 15.2. The van der Waals surface area contributed by atoms with Crippen molar-refractivity contribution in [2.45, 2.75) is 12.8 Å². The van der Waals surface area contributed by atoms with Crippen molar-refractivity contribution in [1.29, 1.82) is 0 Å². The molecule has 1 saturated heterocycles. The summed E-state index contributed by atoms with van der Waals surface area (Å²) in [5.41, 5.74) is 0.949. The van der Waals surface area contributed by atoms with Crippen molar-refractivity contribution in [2.24, 2.45) is 0 Å². The molecule has 1 fully saturated rings. The highest BCUT2D eigenvalue weighted by Gasteiger charge is 2.23. The number of rotatable bonds is 4. The van der Waals surface area contributed by atoms with Crippen LogP contribution in [0.3, 0.4) is 0 Å². The summed E-state index contributed by atoms with van der Waals surface area (Å²) in [7, 11) is 0. The molecule has 0 atom stereocenters. The molecular formula is C15H18Cl2N2O2. The number of nitrogens with zero attached hydrogens (tertiary/aromatic N) is 2. The summed E-state index contributed by atoms with van der Waals surface area (Å²) in [4.78, 5) is 27.5. The second kappa shape index (κ2) is 7.66. The Balaban J connectivity index is 1.83. The molecule has 6 heteroatoms. The molecule has 1 aliphatic rings. The Bertz CT molecular complexity index is 497. The van der Waals surface area contributed by atoms with Crippen molar-refractivity contribution in [3.8, 4) is 0 Å². The first-order valence-electron chi connectivity index (χ1n) is 6.96. The third kappa shape index (κ3) is 4.61. The van der Waals surface area contributed by atoms with Crippen LogP contribution in [0.1, 0.15) is 12.0 Å². The number of benzene rings is 1. The molecular weight excluding hydrogens is 311 g/mol. The van der Waals surface area contributed by atoms with E-state index in [1.807, 2.05) is 12.1 Å². The van der Waals surface area contributed by atoms with Gasteiger partial charge in [0, 0.05) is 43.5 Å². The van der Waals surface area contributed by atoms with Crippen LogP contribution in [0.4, 0.5) is 0 Å². The van der Waals surface area contributed by atoms with E-state index in [1.54, 1.807) is 21.9 Å². The van der Waals surface area contributed by atoms with Crippen LogP contribution >= 0.6 is 23.2 Å². The number of hydrogen-bond donors (Lipinski definition) is 0. The fourth-order valence-corrected chi connectivity index (χ4v) is 2.62. The molecule has 0 N–H and O–H groups in total. The van der Waals surface area contributed by atoms with Gasteiger partial charge < -0.3 is 9.80 Å². The lowest BCUT2D eigenvalue weighted by Crippen LogP contribution is -2.51. The van der Waals surface area contributed by atoms with E-state index in [0.717, 1.165) is 5.56 Å². The monoisotopic (exact) mass is 328 g/mol. The van der Waals surface area contributed by atoms with Crippen LogP contribution < -0.4 is 0 Å². The molecule has 21 heavy (non-hydrogen) atoms. The second-order valence-corrected chi connectivity index (χ2v) is 5.82. The van der Waals surface area contributed by atoms with Gasteiger partial charge in [0.2, 0.25) is 11.8 Å². The van der Waals surface area contributed by atoms with E-state index in [2.05, 4.69) is 0 Å². The molecule has 0 spiro atoms. The van der Waals surface area contributed by atoms with E-state index in [-0.39, 0.29) is 11.8 Å². The summed E-state index contributed by atoms with van der Waals surface area (Å²) in [5, 5.41) is 0.664. The van der Waals surface area contributed by atoms with Gasteiger partial charge in [-0.15, -0.1) is 11.6 Å². The quantitative estimate of drug-likeness (QED) is 0.795. The maximum atomic E-state index is 12.2. The molecule has 0 aliphatic carbocycles. The van der Waals surface area contributed by atoms with Gasteiger partial charge in [0.1, 0.15) is 0 Å². The summed E-state index contributed by atoms with van der Waals surface area (Å²) >= 11 is 11.4. The highest BCUT2D eigenvalue weighted by Crippen LogP contribution is 2.12. The van der Waals surface area contributed by atoms with Gasteiger partial charge in [-0.25, -0.2) is 0 Å². The minimum Gasteiger partial charge on any atom is -0.339 e. The van der Waals surface area contributed by atoms with E-state index in [9.17, 15) is 9.59 Å². The number of alkyl halides is 1. The average Bonchev–Trinajstić information content (AvgIpc) is 2.50. The summed E-state index contributed by atoms with van der Waals surface area (Å²) in [5.74, 6) is 0.491. The predicted molar refractivity (Wildman–Crippen MR) is 83.7 cm³/mol. The normalized spacial score (nSPS) is 15.1. The van der Waals surface area contributed by atoms with Crippen LogP contribution in [0.15, 0.2) is 24.3 Å². The molecule has 2 amide bonds. The maximum absolute atomic E-state index is 12.2. The van der Waals surface area contributed by atoms with E-state index < -0.39 is 0 Å². The van der Waals surface area contributed by atoms with Crippen molar-refractivity contribution in [2.75, 3.05) is 32.1 Å². The largest absolute Gasteiger partial charge is 0.339 e. The number of hydrogen-bond acceptors (Lipinski definition) is 2. The van der Waals surface area contributed by atoms with Crippen molar-refractivity contribution in [1.82, 2.24) is 9.80 Å². The van der Waals surface area contributed by atoms with E-state index in [4.69, 9.17) is 23.2 Å². The van der Waals surface area contributed by atoms with Crippen molar-refractivity contribution >= 4 is 35.0 Å². The van der Waals surface area contributed by atoms with Crippen LogP contribution in [0, 0.1) is 0 Å².